The molecule has 192 valence electrons. The minimum atomic E-state index is -0.749. The molecule has 2 aromatic carbocycles. The van der Waals surface area contributed by atoms with E-state index in [1.165, 1.54) is 18.4 Å². The molecule has 0 amide bonds. The van der Waals surface area contributed by atoms with Crippen molar-refractivity contribution < 1.29 is 19.0 Å². The Hall–Kier alpha value is -3.75. The molecule has 1 aromatic heterocycles. The third-order valence-corrected chi connectivity index (χ3v) is 6.68. The van der Waals surface area contributed by atoms with Crippen molar-refractivity contribution in [1.82, 2.24) is 4.57 Å². The quantitative estimate of drug-likeness (QED) is 0.317. The topological polar surface area (TPSA) is 79.1 Å². The molecule has 0 aliphatic carbocycles. The van der Waals surface area contributed by atoms with Gasteiger partial charge in [0.2, 0.25) is 0 Å². The Morgan fingerprint density at radius 3 is 2.57 bits per heavy atom. The standard InChI is InChI=1S/C29H30N2O5S/c1-19(2)36-23-15-9-8-14-22(23)26-25(28(33)35-18-17-34-4)20(3)30-29-31(26)27(32)24(37-29)16-10-13-21-11-6-5-7-12-21/h5-16,19,26H,17-18H2,1-4H3/b13-10+,24-16+/t26-/m0/s1. The molecule has 0 radical (unpaired) electrons. The first-order chi connectivity index (χ1) is 17.9. The number of nitrogens with zero attached hydrogens (tertiary/aromatic N) is 2. The van der Waals surface area contributed by atoms with Gasteiger partial charge in [-0.2, -0.15) is 0 Å². The number of para-hydroxylation sites is 1. The van der Waals surface area contributed by atoms with E-state index in [0.717, 1.165) is 5.56 Å². The molecular formula is C29H30N2O5S. The van der Waals surface area contributed by atoms with Crippen LogP contribution >= 0.6 is 11.3 Å². The molecule has 0 unspecified atom stereocenters. The van der Waals surface area contributed by atoms with Crippen molar-refractivity contribution in [2.24, 2.45) is 4.99 Å². The Bertz CT molecular complexity index is 1500. The van der Waals surface area contributed by atoms with Crippen LogP contribution in [0.3, 0.4) is 0 Å². The van der Waals surface area contributed by atoms with Crippen LogP contribution in [0, 0.1) is 0 Å². The summed E-state index contributed by atoms with van der Waals surface area (Å²) < 4.78 is 18.7. The number of thiazole rings is 1. The van der Waals surface area contributed by atoms with Gasteiger partial charge in [0.15, 0.2) is 4.80 Å². The van der Waals surface area contributed by atoms with Crippen LogP contribution in [0.2, 0.25) is 0 Å². The fourth-order valence-electron chi connectivity index (χ4n) is 4.06. The highest BCUT2D eigenvalue weighted by atomic mass is 32.1. The van der Waals surface area contributed by atoms with Gasteiger partial charge in [0.25, 0.3) is 5.56 Å². The van der Waals surface area contributed by atoms with E-state index in [0.29, 0.717) is 31.9 Å². The second kappa shape index (κ2) is 12.0. The molecule has 37 heavy (non-hydrogen) atoms. The van der Waals surface area contributed by atoms with E-state index in [1.807, 2.05) is 80.6 Å². The highest BCUT2D eigenvalue weighted by Gasteiger charge is 2.35. The molecule has 1 aliphatic heterocycles. The van der Waals surface area contributed by atoms with Crippen LogP contribution in [-0.4, -0.2) is 37.0 Å². The number of hydrogen-bond acceptors (Lipinski definition) is 7. The maximum atomic E-state index is 13.7. The van der Waals surface area contributed by atoms with Gasteiger partial charge in [-0.3, -0.25) is 9.36 Å². The van der Waals surface area contributed by atoms with Crippen molar-refractivity contribution in [3.05, 3.63) is 103 Å². The minimum Gasteiger partial charge on any atom is -0.491 e. The second-order valence-electron chi connectivity index (χ2n) is 8.71. The molecule has 4 rings (SSSR count). The van der Waals surface area contributed by atoms with Gasteiger partial charge in [-0.05, 0) is 38.5 Å². The van der Waals surface area contributed by atoms with E-state index >= 15 is 0 Å². The molecule has 3 aromatic rings. The normalized spacial score (nSPS) is 15.7. The molecule has 1 aliphatic rings. The largest absolute Gasteiger partial charge is 0.491 e. The monoisotopic (exact) mass is 518 g/mol. The van der Waals surface area contributed by atoms with Gasteiger partial charge in [-0.25, -0.2) is 9.79 Å². The lowest BCUT2D eigenvalue weighted by molar-refractivity contribution is -0.140. The fraction of sp³-hybridized carbons (Fsp3) is 0.276. The number of carbonyl (C=O) groups is 1. The van der Waals surface area contributed by atoms with Gasteiger partial charge in [-0.1, -0.05) is 72.0 Å². The summed E-state index contributed by atoms with van der Waals surface area (Å²) in [6, 6.07) is 16.5. The number of ether oxygens (including phenoxy) is 3. The summed E-state index contributed by atoms with van der Waals surface area (Å²) in [5, 5.41) is 0. The van der Waals surface area contributed by atoms with Crippen LogP contribution in [-0.2, 0) is 14.3 Å². The summed E-state index contributed by atoms with van der Waals surface area (Å²) in [6.45, 7) is 5.99. The lowest BCUT2D eigenvalue weighted by Gasteiger charge is -2.27. The second-order valence-corrected chi connectivity index (χ2v) is 9.72. The maximum absolute atomic E-state index is 13.7. The Morgan fingerprint density at radius 1 is 1.11 bits per heavy atom. The average Bonchev–Trinajstić information content (AvgIpc) is 3.18. The molecule has 1 atom stereocenters. The van der Waals surface area contributed by atoms with Gasteiger partial charge >= 0.3 is 5.97 Å². The van der Waals surface area contributed by atoms with E-state index in [4.69, 9.17) is 14.2 Å². The first-order valence-electron chi connectivity index (χ1n) is 12.1. The number of rotatable bonds is 9. The summed E-state index contributed by atoms with van der Waals surface area (Å²) in [7, 11) is 1.54. The summed E-state index contributed by atoms with van der Waals surface area (Å²) >= 11 is 1.28. The number of benzene rings is 2. The number of carbonyl (C=O) groups excluding carboxylic acids is 1. The van der Waals surface area contributed by atoms with Crippen molar-refractivity contribution in [2.75, 3.05) is 20.3 Å². The average molecular weight is 519 g/mol. The van der Waals surface area contributed by atoms with E-state index in [1.54, 1.807) is 17.6 Å². The zero-order valence-corrected chi connectivity index (χ0v) is 22.2. The maximum Gasteiger partial charge on any atom is 0.338 e. The Morgan fingerprint density at radius 2 is 1.84 bits per heavy atom. The van der Waals surface area contributed by atoms with Gasteiger partial charge in [0, 0.05) is 12.7 Å². The third kappa shape index (κ3) is 5.98. The van der Waals surface area contributed by atoms with Crippen LogP contribution < -0.4 is 19.6 Å². The summed E-state index contributed by atoms with van der Waals surface area (Å²) in [5.41, 5.74) is 2.28. The summed E-state index contributed by atoms with van der Waals surface area (Å²) in [6.07, 6.45) is 5.47. The SMILES string of the molecule is COCCOC(=O)C1=C(C)N=c2s/c(=C/C=C/c3ccccc3)c(=O)n2[C@H]1c1ccccc1OC(C)C. The van der Waals surface area contributed by atoms with Crippen LogP contribution in [0.4, 0.5) is 0 Å². The molecule has 0 N–H and O–H groups in total. The van der Waals surface area contributed by atoms with Gasteiger partial charge in [0.05, 0.1) is 28.5 Å². The minimum absolute atomic E-state index is 0.0949. The molecule has 0 spiro atoms. The van der Waals surface area contributed by atoms with Gasteiger partial charge in [-0.15, -0.1) is 0 Å². The smallest absolute Gasteiger partial charge is 0.338 e. The molecule has 0 saturated carbocycles. The number of esters is 1. The van der Waals surface area contributed by atoms with E-state index < -0.39 is 12.0 Å². The number of hydrogen-bond donors (Lipinski definition) is 0. The lowest BCUT2D eigenvalue weighted by Crippen LogP contribution is -2.40. The Labute approximate surface area is 219 Å². The Balaban J connectivity index is 1.86. The van der Waals surface area contributed by atoms with E-state index in [9.17, 15) is 9.59 Å². The molecule has 0 saturated heterocycles. The lowest BCUT2D eigenvalue weighted by atomic mass is 9.95. The van der Waals surface area contributed by atoms with E-state index in [-0.39, 0.29) is 24.9 Å². The van der Waals surface area contributed by atoms with Crippen LogP contribution in [0.15, 0.2) is 81.7 Å². The van der Waals surface area contributed by atoms with Crippen molar-refractivity contribution in [3.8, 4) is 5.75 Å². The molecule has 7 nitrogen and oxygen atoms in total. The summed E-state index contributed by atoms with van der Waals surface area (Å²) in [4.78, 5) is 32.2. The number of fused-ring (bicyclic) bond motifs is 1. The zero-order valence-electron chi connectivity index (χ0n) is 21.3. The third-order valence-electron chi connectivity index (χ3n) is 5.67. The zero-order chi connectivity index (χ0) is 26.4. The van der Waals surface area contributed by atoms with Crippen molar-refractivity contribution in [3.63, 3.8) is 0 Å². The summed E-state index contributed by atoms with van der Waals surface area (Å²) in [5.74, 6) is 0.0545. The highest BCUT2D eigenvalue weighted by Crippen LogP contribution is 2.36. The first kappa shape index (κ1) is 26.3. The Kier molecular flexibility index (Phi) is 8.53. The van der Waals surface area contributed by atoms with Crippen LogP contribution in [0.5, 0.6) is 5.75 Å². The predicted molar refractivity (Wildman–Crippen MR) is 145 cm³/mol. The first-order valence-corrected chi connectivity index (χ1v) is 12.9. The molecule has 2 heterocycles. The van der Waals surface area contributed by atoms with Crippen LogP contribution in [0.25, 0.3) is 12.2 Å². The van der Waals surface area contributed by atoms with Crippen molar-refractivity contribution >= 4 is 29.5 Å². The van der Waals surface area contributed by atoms with Crippen molar-refractivity contribution in [2.45, 2.75) is 32.9 Å². The number of aromatic nitrogens is 1. The molecule has 0 fully saturated rings. The van der Waals surface area contributed by atoms with Crippen LogP contribution in [0.1, 0.15) is 37.9 Å². The van der Waals surface area contributed by atoms with Gasteiger partial charge < -0.3 is 14.2 Å². The highest BCUT2D eigenvalue weighted by molar-refractivity contribution is 7.07. The molecular weight excluding hydrogens is 488 g/mol. The molecule has 0 bridgehead atoms. The van der Waals surface area contributed by atoms with E-state index in [2.05, 4.69) is 4.99 Å². The number of methoxy groups -OCH3 is 1. The van der Waals surface area contributed by atoms with Crippen molar-refractivity contribution in [1.29, 1.82) is 0 Å². The predicted octanol–water partition coefficient (Wildman–Crippen LogP) is 3.88. The fourth-order valence-corrected chi connectivity index (χ4v) is 5.06. The number of allylic oxidation sites excluding steroid dienone is 2. The van der Waals surface area contributed by atoms with Gasteiger partial charge in [0.1, 0.15) is 18.4 Å². The molecule has 8 heteroatoms.